The summed E-state index contributed by atoms with van der Waals surface area (Å²) in [5.41, 5.74) is 2.29. The second kappa shape index (κ2) is 6.28. The molecule has 5 nitrogen and oxygen atoms in total. The third-order valence-electron chi connectivity index (χ3n) is 3.10. The van der Waals surface area contributed by atoms with Crippen molar-refractivity contribution in [2.75, 3.05) is 0 Å². The fraction of sp³-hybridized carbons (Fsp3) is 0.188. The number of aldehydes is 1. The molecule has 5 heteroatoms. The number of rotatable bonds is 4. The van der Waals surface area contributed by atoms with E-state index < -0.39 is 5.97 Å². The Bertz CT molecular complexity index is 677. The first-order valence-corrected chi connectivity index (χ1v) is 6.40. The number of ether oxygens (including phenoxy) is 1. The van der Waals surface area contributed by atoms with Crippen LogP contribution in [0.1, 0.15) is 37.5 Å². The zero-order valence-electron chi connectivity index (χ0n) is 11.8. The van der Waals surface area contributed by atoms with Crippen molar-refractivity contribution in [3.63, 3.8) is 0 Å². The van der Waals surface area contributed by atoms with Crippen LogP contribution in [0.2, 0.25) is 0 Å². The van der Waals surface area contributed by atoms with E-state index in [0.717, 1.165) is 5.56 Å². The molecule has 108 valence electrons. The van der Waals surface area contributed by atoms with Crippen LogP contribution >= 0.6 is 0 Å². The first-order chi connectivity index (χ1) is 10.1. The molecule has 0 spiro atoms. The summed E-state index contributed by atoms with van der Waals surface area (Å²) in [5.74, 6) is -0.486. The summed E-state index contributed by atoms with van der Waals surface area (Å²) < 4.78 is 5.29. The molecule has 0 amide bonds. The normalized spacial score (nSPS) is 10.2. The van der Waals surface area contributed by atoms with Gasteiger partial charge in [0.2, 0.25) is 0 Å². The van der Waals surface area contributed by atoms with Gasteiger partial charge in [0, 0.05) is 11.8 Å². The number of aromatic nitrogens is 1. The molecule has 0 unspecified atom stereocenters. The molecule has 0 saturated heterocycles. The average Bonchev–Trinajstić information content (AvgIpc) is 2.49. The Morgan fingerprint density at radius 3 is 2.52 bits per heavy atom. The molecule has 0 saturated carbocycles. The smallest absolute Gasteiger partial charge is 0.343 e. The minimum atomic E-state index is -0.571. The second-order valence-electron chi connectivity index (χ2n) is 4.64. The van der Waals surface area contributed by atoms with Gasteiger partial charge in [-0.25, -0.2) is 4.79 Å². The molecule has 21 heavy (non-hydrogen) atoms. The maximum absolute atomic E-state index is 12.1. The van der Waals surface area contributed by atoms with Crippen LogP contribution in [0.4, 0.5) is 0 Å². The number of hydrogen-bond acceptors (Lipinski definition) is 5. The van der Waals surface area contributed by atoms with Crippen LogP contribution in [0.3, 0.4) is 0 Å². The molecule has 0 aliphatic carbocycles. The highest BCUT2D eigenvalue weighted by atomic mass is 16.5. The Balaban J connectivity index is 2.36. The van der Waals surface area contributed by atoms with Gasteiger partial charge in [0.05, 0.1) is 23.4 Å². The highest BCUT2D eigenvalue weighted by molar-refractivity contribution is 5.93. The average molecular weight is 285 g/mol. The fourth-order valence-electron chi connectivity index (χ4n) is 1.87. The Labute approximate surface area is 122 Å². The zero-order valence-corrected chi connectivity index (χ0v) is 11.8. The van der Waals surface area contributed by atoms with E-state index in [4.69, 9.17) is 4.74 Å². The standard InChI is InChI=1S/C16H15NO4/c1-10-3-5-12(6-4-10)16(20)21-15-11(2)17-7-13(8-18)14(15)9-19/h3-7,9,18H,8H2,1-2H3. The minimum Gasteiger partial charge on any atom is -0.420 e. The Kier molecular flexibility index (Phi) is 4.45. The number of pyridine rings is 1. The van der Waals surface area contributed by atoms with Gasteiger partial charge in [-0.2, -0.15) is 0 Å². The van der Waals surface area contributed by atoms with Crippen molar-refractivity contribution in [1.82, 2.24) is 4.98 Å². The van der Waals surface area contributed by atoms with Gasteiger partial charge in [-0.15, -0.1) is 0 Å². The van der Waals surface area contributed by atoms with Gasteiger partial charge in [-0.1, -0.05) is 17.7 Å². The van der Waals surface area contributed by atoms with E-state index in [-0.39, 0.29) is 17.9 Å². The van der Waals surface area contributed by atoms with Crippen LogP contribution in [-0.4, -0.2) is 22.3 Å². The predicted molar refractivity (Wildman–Crippen MR) is 76.4 cm³/mol. The molecule has 0 atom stereocenters. The number of esters is 1. The number of aliphatic hydroxyl groups excluding tert-OH is 1. The summed E-state index contributed by atoms with van der Waals surface area (Å²) in [6, 6.07) is 6.90. The van der Waals surface area contributed by atoms with Crippen LogP contribution in [0.5, 0.6) is 5.75 Å². The summed E-state index contributed by atoms with van der Waals surface area (Å²) in [7, 11) is 0. The lowest BCUT2D eigenvalue weighted by molar-refractivity contribution is 0.0731. The maximum Gasteiger partial charge on any atom is 0.343 e. The van der Waals surface area contributed by atoms with E-state index in [1.54, 1.807) is 31.2 Å². The fourth-order valence-corrected chi connectivity index (χ4v) is 1.87. The monoisotopic (exact) mass is 285 g/mol. The lowest BCUT2D eigenvalue weighted by Crippen LogP contribution is -2.12. The molecule has 0 fully saturated rings. The Morgan fingerprint density at radius 2 is 1.95 bits per heavy atom. The molecule has 1 N–H and O–H groups in total. The molecule has 2 rings (SSSR count). The number of aryl methyl sites for hydroxylation is 2. The van der Waals surface area contributed by atoms with Crippen LogP contribution in [0.15, 0.2) is 30.5 Å². The number of benzene rings is 1. The van der Waals surface area contributed by atoms with Gasteiger partial charge in [-0.3, -0.25) is 9.78 Å². The second-order valence-corrected chi connectivity index (χ2v) is 4.64. The highest BCUT2D eigenvalue weighted by Crippen LogP contribution is 2.24. The SMILES string of the molecule is Cc1ccc(C(=O)Oc2c(C)ncc(CO)c2C=O)cc1. The molecule has 1 aromatic heterocycles. The van der Waals surface area contributed by atoms with Crippen molar-refractivity contribution in [3.8, 4) is 5.75 Å². The highest BCUT2D eigenvalue weighted by Gasteiger charge is 2.17. The number of carbonyl (C=O) groups excluding carboxylic acids is 2. The lowest BCUT2D eigenvalue weighted by atomic mass is 10.1. The van der Waals surface area contributed by atoms with Crippen molar-refractivity contribution in [2.45, 2.75) is 20.5 Å². The third-order valence-corrected chi connectivity index (χ3v) is 3.10. The van der Waals surface area contributed by atoms with Gasteiger partial charge in [0.15, 0.2) is 12.0 Å². The van der Waals surface area contributed by atoms with Crippen molar-refractivity contribution < 1.29 is 19.4 Å². The molecule has 0 aliphatic heterocycles. The summed E-state index contributed by atoms with van der Waals surface area (Å²) in [6.45, 7) is 3.20. The quantitative estimate of drug-likeness (QED) is 0.688. The Hall–Kier alpha value is -2.53. The van der Waals surface area contributed by atoms with Crippen LogP contribution in [0.25, 0.3) is 0 Å². The van der Waals surface area contributed by atoms with Crippen LogP contribution in [0, 0.1) is 13.8 Å². The van der Waals surface area contributed by atoms with E-state index in [1.165, 1.54) is 6.20 Å². The first-order valence-electron chi connectivity index (χ1n) is 6.40. The molecule has 1 aromatic carbocycles. The number of aliphatic hydroxyl groups is 1. The van der Waals surface area contributed by atoms with Crippen LogP contribution < -0.4 is 4.74 Å². The Morgan fingerprint density at radius 1 is 1.29 bits per heavy atom. The van der Waals surface area contributed by atoms with Gasteiger partial charge in [0.25, 0.3) is 0 Å². The molecule has 1 heterocycles. The van der Waals surface area contributed by atoms with Gasteiger partial charge < -0.3 is 9.84 Å². The van der Waals surface area contributed by atoms with E-state index in [2.05, 4.69) is 4.98 Å². The molecule has 0 radical (unpaired) electrons. The topological polar surface area (TPSA) is 76.5 Å². The molecule has 0 aliphatic rings. The number of nitrogens with zero attached hydrogens (tertiary/aromatic N) is 1. The predicted octanol–water partition coefficient (Wildman–Crippen LogP) is 2.22. The lowest BCUT2D eigenvalue weighted by Gasteiger charge is -2.11. The summed E-state index contributed by atoms with van der Waals surface area (Å²) in [4.78, 5) is 27.3. The molecular weight excluding hydrogens is 270 g/mol. The van der Waals surface area contributed by atoms with Crippen molar-refractivity contribution >= 4 is 12.3 Å². The molecular formula is C16H15NO4. The first kappa shape index (κ1) is 14.9. The van der Waals surface area contributed by atoms with Gasteiger partial charge >= 0.3 is 5.97 Å². The summed E-state index contributed by atoms with van der Waals surface area (Å²) >= 11 is 0. The van der Waals surface area contributed by atoms with E-state index in [9.17, 15) is 14.7 Å². The van der Waals surface area contributed by atoms with Gasteiger partial charge in [0.1, 0.15) is 0 Å². The largest absolute Gasteiger partial charge is 0.420 e. The van der Waals surface area contributed by atoms with E-state index in [0.29, 0.717) is 23.1 Å². The van der Waals surface area contributed by atoms with E-state index >= 15 is 0 Å². The molecule has 0 bridgehead atoms. The third kappa shape index (κ3) is 3.14. The summed E-state index contributed by atoms with van der Waals surface area (Å²) in [5, 5.41) is 9.21. The van der Waals surface area contributed by atoms with Crippen LogP contribution in [-0.2, 0) is 6.61 Å². The van der Waals surface area contributed by atoms with Gasteiger partial charge in [-0.05, 0) is 26.0 Å². The van der Waals surface area contributed by atoms with Crippen molar-refractivity contribution in [3.05, 3.63) is 58.4 Å². The zero-order chi connectivity index (χ0) is 15.4. The number of hydrogen-bond donors (Lipinski definition) is 1. The van der Waals surface area contributed by atoms with Crippen molar-refractivity contribution in [2.24, 2.45) is 0 Å². The van der Waals surface area contributed by atoms with Crippen molar-refractivity contribution in [1.29, 1.82) is 0 Å². The maximum atomic E-state index is 12.1. The van der Waals surface area contributed by atoms with E-state index in [1.807, 2.05) is 6.92 Å². The minimum absolute atomic E-state index is 0.0853. The number of carbonyl (C=O) groups is 2. The molecule has 2 aromatic rings. The summed E-state index contributed by atoms with van der Waals surface area (Å²) in [6.07, 6.45) is 1.94.